The lowest BCUT2D eigenvalue weighted by Crippen LogP contribution is -2.31. The molecule has 1 aromatic heterocycles. The summed E-state index contributed by atoms with van der Waals surface area (Å²) in [6.07, 6.45) is -0.249. The zero-order chi connectivity index (χ0) is 17.4. The number of aromatic nitrogens is 1. The average Bonchev–Trinajstić information content (AvgIpc) is 2.60. The maximum Gasteiger partial charge on any atom is 0.407 e. The summed E-state index contributed by atoms with van der Waals surface area (Å²) < 4.78 is 5.02. The Bertz CT molecular complexity index is 701. The first kappa shape index (κ1) is 17.7. The molecule has 2 unspecified atom stereocenters. The van der Waals surface area contributed by atoms with Crippen LogP contribution in [0.5, 0.6) is 0 Å². The van der Waals surface area contributed by atoms with Gasteiger partial charge in [-0.25, -0.2) is 4.79 Å². The predicted octanol–water partition coefficient (Wildman–Crippen LogP) is 1.09. The Labute approximate surface area is 138 Å². The Morgan fingerprint density at radius 1 is 1.21 bits per heavy atom. The summed E-state index contributed by atoms with van der Waals surface area (Å²) in [6, 6.07) is 10.5. The number of alkyl carbamates (subject to hydrolysis) is 1. The van der Waals surface area contributed by atoms with Crippen LogP contribution in [0.25, 0.3) is 0 Å². The molecule has 1 heterocycles. The predicted molar refractivity (Wildman–Crippen MR) is 87.3 cm³/mol. The van der Waals surface area contributed by atoms with Gasteiger partial charge in [-0.1, -0.05) is 30.3 Å². The molecule has 0 aliphatic rings. The van der Waals surface area contributed by atoms with Gasteiger partial charge in [0.2, 0.25) is 0 Å². The van der Waals surface area contributed by atoms with Crippen molar-refractivity contribution in [2.75, 3.05) is 6.54 Å². The van der Waals surface area contributed by atoms with Crippen LogP contribution in [0.15, 0.2) is 53.6 Å². The largest absolute Gasteiger partial charge is 0.445 e. The van der Waals surface area contributed by atoms with E-state index < -0.39 is 18.3 Å². The van der Waals surface area contributed by atoms with Crippen molar-refractivity contribution in [3.05, 3.63) is 70.1 Å². The molecule has 0 aliphatic carbocycles. The van der Waals surface area contributed by atoms with Gasteiger partial charge in [-0.3, -0.25) is 4.79 Å². The number of ether oxygens (including phenoxy) is 1. The van der Waals surface area contributed by atoms with Crippen LogP contribution in [0.3, 0.4) is 0 Å². The molecule has 24 heavy (non-hydrogen) atoms. The molecule has 0 fully saturated rings. The first-order chi connectivity index (χ1) is 11.6. The standard InChI is InChI=1S/C17H20N2O5/c20-14-6-8-18-10-13(14)16(22)15(21)7-9-19-17(23)24-11-12-4-2-1-3-5-12/h1-6,8,10,15-16,21-22H,7,9,11H2,(H,18,20)(H,19,23). The average molecular weight is 332 g/mol. The number of amides is 1. The number of aliphatic hydroxyl groups excluding tert-OH is 2. The Morgan fingerprint density at radius 2 is 1.96 bits per heavy atom. The fraction of sp³-hybridized carbons (Fsp3) is 0.294. The molecule has 0 aliphatic heterocycles. The summed E-state index contributed by atoms with van der Waals surface area (Å²) in [4.78, 5) is 25.8. The van der Waals surface area contributed by atoms with E-state index >= 15 is 0 Å². The van der Waals surface area contributed by atoms with Crippen LogP contribution in [-0.2, 0) is 11.3 Å². The molecule has 1 aromatic carbocycles. The van der Waals surface area contributed by atoms with E-state index in [1.165, 1.54) is 18.5 Å². The van der Waals surface area contributed by atoms with Crippen LogP contribution >= 0.6 is 0 Å². The maximum atomic E-state index is 11.6. The second kappa shape index (κ2) is 8.85. The molecule has 7 nitrogen and oxygen atoms in total. The molecular weight excluding hydrogens is 312 g/mol. The van der Waals surface area contributed by atoms with E-state index in [9.17, 15) is 19.8 Å². The van der Waals surface area contributed by atoms with Crippen LogP contribution < -0.4 is 10.7 Å². The maximum absolute atomic E-state index is 11.6. The lowest BCUT2D eigenvalue weighted by Gasteiger charge is -2.17. The molecule has 7 heteroatoms. The monoisotopic (exact) mass is 332 g/mol. The van der Waals surface area contributed by atoms with Gasteiger partial charge >= 0.3 is 6.09 Å². The SMILES string of the molecule is O=C(NCCC(O)C(O)c1c[nH]ccc1=O)OCc1ccccc1. The van der Waals surface area contributed by atoms with Crippen molar-refractivity contribution < 1.29 is 19.7 Å². The van der Waals surface area contributed by atoms with Crippen LogP contribution in [0.4, 0.5) is 4.79 Å². The van der Waals surface area contributed by atoms with Gasteiger partial charge in [0, 0.05) is 30.6 Å². The lowest BCUT2D eigenvalue weighted by atomic mass is 10.0. The van der Waals surface area contributed by atoms with E-state index in [2.05, 4.69) is 10.3 Å². The van der Waals surface area contributed by atoms with Crippen LogP contribution in [0.1, 0.15) is 23.7 Å². The minimum absolute atomic E-state index is 0.0793. The topological polar surface area (TPSA) is 112 Å². The fourth-order valence-corrected chi connectivity index (χ4v) is 2.12. The van der Waals surface area contributed by atoms with Crippen molar-refractivity contribution in [3.63, 3.8) is 0 Å². The van der Waals surface area contributed by atoms with E-state index in [1.807, 2.05) is 30.3 Å². The van der Waals surface area contributed by atoms with E-state index in [0.717, 1.165) is 5.56 Å². The minimum atomic E-state index is -1.32. The molecule has 2 atom stereocenters. The molecule has 0 radical (unpaired) electrons. The Kier molecular flexibility index (Phi) is 6.53. The minimum Gasteiger partial charge on any atom is -0.445 e. The normalized spacial score (nSPS) is 13.1. The smallest absolute Gasteiger partial charge is 0.407 e. The summed E-state index contributed by atoms with van der Waals surface area (Å²) in [6.45, 7) is 0.258. The molecule has 0 spiro atoms. The van der Waals surface area contributed by atoms with Crippen molar-refractivity contribution in [2.24, 2.45) is 0 Å². The molecular formula is C17H20N2O5. The first-order valence-electron chi connectivity index (χ1n) is 7.55. The highest BCUT2D eigenvalue weighted by Gasteiger charge is 2.20. The molecule has 0 saturated heterocycles. The van der Waals surface area contributed by atoms with E-state index in [1.54, 1.807) is 0 Å². The van der Waals surface area contributed by atoms with Gasteiger partial charge in [-0.2, -0.15) is 0 Å². The number of hydrogen-bond donors (Lipinski definition) is 4. The number of benzene rings is 1. The lowest BCUT2D eigenvalue weighted by molar-refractivity contribution is 0.0129. The molecule has 2 aromatic rings. The molecule has 0 saturated carbocycles. The first-order valence-corrected chi connectivity index (χ1v) is 7.55. The Balaban J connectivity index is 1.72. The highest BCUT2D eigenvalue weighted by molar-refractivity contribution is 5.67. The Hall–Kier alpha value is -2.64. The van der Waals surface area contributed by atoms with Crippen molar-refractivity contribution in [1.29, 1.82) is 0 Å². The van der Waals surface area contributed by atoms with Gasteiger partial charge in [0.25, 0.3) is 0 Å². The number of aliphatic hydroxyl groups is 2. The van der Waals surface area contributed by atoms with Crippen LogP contribution in [-0.4, -0.2) is 33.9 Å². The fourth-order valence-electron chi connectivity index (χ4n) is 2.12. The van der Waals surface area contributed by atoms with Crippen molar-refractivity contribution in [3.8, 4) is 0 Å². The highest BCUT2D eigenvalue weighted by Crippen LogP contribution is 2.14. The van der Waals surface area contributed by atoms with Gasteiger partial charge in [0.15, 0.2) is 5.43 Å². The number of carbonyl (C=O) groups is 1. The zero-order valence-electron chi connectivity index (χ0n) is 13.0. The van der Waals surface area contributed by atoms with E-state index in [4.69, 9.17) is 4.74 Å². The number of hydrogen-bond acceptors (Lipinski definition) is 5. The van der Waals surface area contributed by atoms with E-state index in [-0.39, 0.29) is 30.6 Å². The number of aromatic amines is 1. The van der Waals surface area contributed by atoms with Crippen molar-refractivity contribution in [1.82, 2.24) is 10.3 Å². The third-order valence-corrected chi connectivity index (χ3v) is 3.46. The second-order valence-corrected chi connectivity index (χ2v) is 5.25. The quantitative estimate of drug-likeness (QED) is 0.606. The summed E-state index contributed by atoms with van der Waals surface area (Å²) >= 11 is 0. The zero-order valence-corrected chi connectivity index (χ0v) is 13.0. The molecule has 0 bridgehead atoms. The molecule has 1 amide bonds. The van der Waals surface area contributed by atoms with E-state index in [0.29, 0.717) is 0 Å². The molecule has 4 N–H and O–H groups in total. The Morgan fingerprint density at radius 3 is 2.67 bits per heavy atom. The summed E-state index contributed by atoms with van der Waals surface area (Å²) in [5.74, 6) is 0. The highest BCUT2D eigenvalue weighted by atomic mass is 16.5. The van der Waals surface area contributed by atoms with Crippen LogP contribution in [0, 0.1) is 0 Å². The summed E-state index contributed by atoms with van der Waals surface area (Å²) in [7, 11) is 0. The third kappa shape index (κ3) is 5.22. The number of nitrogens with one attached hydrogen (secondary N) is 2. The summed E-state index contributed by atoms with van der Waals surface area (Å²) in [5.41, 5.74) is 0.582. The molecule has 128 valence electrons. The van der Waals surface area contributed by atoms with Gasteiger partial charge in [0.05, 0.1) is 6.10 Å². The van der Waals surface area contributed by atoms with Gasteiger partial charge in [-0.05, 0) is 12.0 Å². The van der Waals surface area contributed by atoms with Gasteiger partial charge in [0.1, 0.15) is 12.7 Å². The number of carbonyl (C=O) groups excluding carboxylic acids is 1. The van der Waals surface area contributed by atoms with Gasteiger partial charge in [-0.15, -0.1) is 0 Å². The number of H-pyrrole nitrogens is 1. The third-order valence-electron chi connectivity index (χ3n) is 3.46. The van der Waals surface area contributed by atoms with Crippen molar-refractivity contribution >= 4 is 6.09 Å². The van der Waals surface area contributed by atoms with Gasteiger partial charge < -0.3 is 25.3 Å². The van der Waals surface area contributed by atoms with Crippen LogP contribution in [0.2, 0.25) is 0 Å². The number of pyridine rings is 1. The molecule has 2 rings (SSSR count). The second-order valence-electron chi connectivity index (χ2n) is 5.25. The summed E-state index contributed by atoms with van der Waals surface area (Å²) in [5, 5.41) is 22.4. The number of rotatable bonds is 7. The van der Waals surface area contributed by atoms with Crippen molar-refractivity contribution in [2.45, 2.75) is 25.2 Å².